The number of rotatable bonds is 6. The van der Waals surface area contributed by atoms with Gasteiger partial charge in [-0.3, -0.25) is 9.69 Å². The average molecular weight is 306 g/mol. The molecule has 1 aliphatic heterocycles. The first kappa shape index (κ1) is 16.9. The number of piperazine rings is 1. The number of β-amino-alcohol motifs (C(OH)–C–C–N with tert-alkyl or cyclic N) is 1. The molecule has 1 aromatic carbocycles. The van der Waals surface area contributed by atoms with Gasteiger partial charge in [0.2, 0.25) is 0 Å². The summed E-state index contributed by atoms with van der Waals surface area (Å²) in [4.78, 5) is 16.4. The van der Waals surface area contributed by atoms with Crippen LogP contribution in [-0.2, 0) is 4.74 Å². The molecule has 5 nitrogen and oxygen atoms in total. The first-order valence-electron chi connectivity index (χ1n) is 7.92. The van der Waals surface area contributed by atoms with Crippen LogP contribution in [0.2, 0.25) is 0 Å². The third-order valence-electron chi connectivity index (χ3n) is 3.77. The Morgan fingerprint density at radius 2 is 1.82 bits per heavy atom. The number of ether oxygens (including phenoxy) is 1. The molecule has 1 aromatic rings. The fraction of sp³-hybridized carbons (Fsp3) is 0.588. The van der Waals surface area contributed by atoms with Gasteiger partial charge < -0.3 is 14.7 Å². The molecule has 1 amide bonds. The minimum atomic E-state index is -0.473. The molecule has 22 heavy (non-hydrogen) atoms. The van der Waals surface area contributed by atoms with E-state index in [-0.39, 0.29) is 12.0 Å². The van der Waals surface area contributed by atoms with E-state index in [0.717, 1.165) is 18.7 Å². The maximum absolute atomic E-state index is 12.3. The highest BCUT2D eigenvalue weighted by Gasteiger charge is 2.23. The van der Waals surface area contributed by atoms with Crippen LogP contribution in [0.1, 0.15) is 24.2 Å². The first-order valence-corrected chi connectivity index (χ1v) is 7.92. The second-order valence-electron chi connectivity index (χ2n) is 5.99. The minimum Gasteiger partial charge on any atom is -0.389 e. The number of benzene rings is 1. The Labute approximate surface area is 132 Å². The number of amides is 1. The van der Waals surface area contributed by atoms with E-state index in [2.05, 4.69) is 4.90 Å². The second-order valence-corrected chi connectivity index (χ2v) is 5.99. The number of carbonyl (C=O) groups is 1. The normalized spacial score (nSPS) is 17.7. The Morgan fingerprint density at radius 1 is 1.18 bits per heavy atom. The maximum atomic E-state index is 12.3. The van der Waals surface area contributed by atoms with Gasteiger partial charge in [-0.1, -0.05) is 18.2 Å². The van der Waals surface area contributed by atoms with E-state index < -0.39 is 6.10 Å². The molecule has 1 fully saturated rings. The van der Waals surface area contributed by atoms with E-state index in [9.17, 15) is 9.90 Å². The van der Waals surface area contributed by atoms with Gasteiger partial charge in [0, 0.05) is 38.3 Å². The molecule has 1 saturated heterocycles. The van der Waals surface area contributed by atoms with Crippen LogP contribution >= 0.6 is 0 Å². The molecule has 1 heterocycles. The van der Waals surface area contributed by atoms with Crippen LogP contribution in [0.4, 0.5) is 0 Å². The van der Waals surface area contributed by atoms with E-state index in [4.69, 9.17) is 4.74 Å². The van der Waals surface area contributed by atoms with E-state index in [1.54, 1.807) is 0 Å². The topological polar surface area (TPSA) is 53.0 Å². The van der Waals surface area contributed by atoms with Crippen LogP contribution in [0.15, 0.2) is 30.3 Å². The standard InChI is InChI=1S/C17H26N2O3/c1-14(2)22-13-16(20)12-18-8-10-19(11-9-18)17(21)15-6-4-3-5-7-15/h3-7,14,16,20H,8-13H2,1-2H3. The van der Waals surface area contributed by atoms with Gasteiger partial charge in [-0.2, -0.15) is 0 Å². The second kappa shape index (κ2) is 8.27. The Kier molecular flexibility index (Phi) is 6.36. The first-order chi connectivity index (χ1) is 10.6. The van der Waals surface area contributed by atoms with Gasteiger partial charge in [-0.15, -0.1) is 0 Å². The Morgan fingerprint density at radius 3 is 2.41 bits per heavy atom. The molecule has 1 aliphatic rings. The number of carbonyl (C=O) groups excluding carboxylic acids is 1. The van der Waals surface area contributed by atoms with E-state index in [0.29, 0.717) is 26.2 Å². The van der Waals surface area contributed by atoms with Crippen LogP contribution in [-0.4, -0.2) is 72.4 Å². The molecule has 0 aliphatic carbocycles. The van der Waals surface area contributed by atoms with Crippen molar-refractivity contribution in [3.05, 3.63) is 35.9 Å². The zero-order valence-corrected chi connectivity index (χ0v) is 13.4. The molecular weight excluding hydrogens is 280 g/mol. The van der Waals surface area contributed by atoms with Crippen molar-refractivity contribution in [2.45, 2.75) is 26.1 Å². The third-order valence-corrected chi connectivity index (χ3v) is 3.77. The summed E-state index contributed by atoms with van der Waals surface area (Å²) < 4.78 is 5.42. The van der Waals surface area contributed by atoms with Gasteiger partial charge in [0.15, 0.2) is 0 Å². The molecule has 0 aromatic heterocycles. The smallest absolute Gasteiger partial charge is 0.253 e. The fourth-order valence-corrected chi connectivity index (χ4v) is 2.55. The van der Waals surface area contributed by atoms with Gasteiger partial charge >= 0.3 is 0 Å². The molecular formula is C17H26N2O3. The zero-order valence-electron chi connectivity index (χ0n) is 13.4. The monoisotopic (exact) mass is 306 g/mol. The number of aliphatic hydroxyl groups excluding tert-OH is 1. The molecule has 0 spiro atoms. The van der Waals surface area contributed by atoms with Gasteiger partial charge in [-0.25, -0.2) is 0 Å². The van der Waals surface area contributed by atoms with E-state index in [1.165, 1.54) is 0 Å². The van der Waals surface area contributed by atoms with Crippen molar-refractivity contribution in [1.82, 2.24) is 9.80 Å². The van der Waals surface area contributed by atoms with Gasteiger partial charge in [0.1, 0.15) is 0 Å². The molecule has 0 bridgehead atoms. The number of hydrogen-bond acceptors (Lipinski definition) is 4. The Bertz CT molecular complexity index is 456. The van der Waals surface area contributed by atoms with Crippen molar-refractivity contribution in [3.8, 4) is 0 Å². The fourth-order valence-electron chi connectivity index (χ4n) is 2.55. The Balaban J connectivity index is 1.75. The minimum absolute atomic E-state index is 0.0870. The molecule has 1 atom stereocenters. The van der Waals surface area contributed by atoms with Crippen molar-refractivity contribution in [1.29, 1.82) is 0 Å². The lowest BCUT2D eigenvalue weighted by molar-refractivity contribution is -0.0137. The Hall–Kier alpha value is -1.43. The van der Waals surface area contributed by atoms with Crippen molar-refractivity contribution >= 4 is 5.91 Å². The quantitative estimate of drug-likeness (QED) is 0.859. The molecule has 2 rings (SSSR count). The summed E-state index contributed by atoms with van der Waals surface area (Å²) in [6.45, 7) is 7.86. The van der Waals surface area contributed by atoms with Crippen LogP contribution in [0.5, 0.6) is 0 Å². The average Bonchev–Trinajstić information content (AvgIpc) is 2.54. The number of aliphatic hydroxyl groups is 1. The summed E-state index contributed by atoms with van der Waals surface area (Å²) in [5.41, 5.74) is 0.737. The molecule has 1 unspecified atom stereocenters. The summed E-state index contributed by atoms with van der Waals surface area (Å²) in [5.74, 6) is 0.0870. The lowest BCUT2D eigenvalue weighted by atomic mass is 10.2. The summed E-state index contributed by atoms with van der Waals surface area (Å²) in [6, 6.07) is 9.38. The highest BCUT2D eigenvalue weighted by Crippen LogP contribution is 2.09. The molecule has 122 valence electrons. The van der Waals surface area contributed by atoms with Gasteiger partial charge in [0.25, 0.3) is 5.91 Å². The predicted octanol–water partition coefficient (Wildman–Crippen LogP) is 1.23. The number of nitrogens with zero attached hydrogens (tertiary/aromatic N) is 2. The summed E-state index contributed by atoms with van der Waals surface area (Å²) in [7, 11) is 0. The van der Waals surface area contributed by atoms with E-state index in [1.807, 2.05) is 49.1 Å². The number of hydrogen-bond donors (Lipinski definition) is 1. The molecule has 0 saturated carbocycles. The largest absolute Gasteiger partial charge is 0.389 e. The lowest BCUT2D eigenvalue weighted by Gasteiger charge is -2.35. The highest BCUT2D eigenvalue weighted by atomic mass is 16.5. The van der Waals surface area contributed by atoms with Gasteiger partial charge in [0.05, 0.1) is 18.8 Å². The molecule has 0 radical (unpaired) electrons. The van der Waals surface area contributed by atoms with Crippen molar-refractivity contribution in [2.75, 3.05) is 39.3 Å². The van der Waals surface area contributed by atoms with E-state index >= 15 is 0 Å². The van der Waals surface area contributed by atoms with Crippen molar-refractivity contribution in [2.24, 2.45) is 0 Å². The van der Waals surface area contributed by atoms with Crippen LogP contribution in [0.25, 0.3) is 0 Å². The van der Waals surface area contributed by atoms with Gasteiger partial charge in [-0.05, 0) is 26.0 Å². The van der Waals surface area contributed by atoms with Crippen molar-refractivity contribution < 1.29 is 14.6 Å². The third kappa shape index (κ3) is 5.09. The van der Waals surface area contributed by atoms with Crippen molar-refractivity contribution in [3.63, 3.8) is 0 Å². The maximum Gasteiger partial charge on any atom is 0.253 e. The molecule has 1 N–H and O–H groups in total. The summed E-state index contributed by atoms with van der Waals surface area (Å²) in [5, 5.41) is 9.96. The predicted molar refractivity (Wildman–Crippen MR) is 85.9 cm³/mol. The summed E-state index contributed by atoms with van der Waals surface area (Å²) in [6.07, 6.45) is -0.339. The SMILES string of the molecule is CC(C)OCC(O)CN1CCN(C(=O)c2ccccc2)CC1. The molecule has 5 heteroatoms. The summed E-state index contributed by atoms with van der Waals surface area (Å²) >= 11 is 0. The van der Waals surface area contributed by atoms with Crippen LogP contribution in [0, 0.1) is 0 Å². The highest BCUT2D eigenvalue weighted by molar-refractivity contribution is 5.94. The van der Waals surface area contributed by atoms with Crippen LogP contribution < -0.4 is 0 Å². The van der Waals surface area contributed by atoms with Crippen LogP contribution in [0.3, 0.4) is 0 Å². The lowest BCUT2D eigenvalue weighted by Crippen LogP contribution is -2.50. The zero-order chi connectivity index (χ0) is 15.9.